The number of rotatable bonds is 8. The highest BCUT2D eigenvalue weighted by Crippen LogP contribution is 2.62. The molecule has 0 aliphatic rings. The number of aliphatic hydroxyl groups is 2. The van der Waals surface area contributed by atoms with Crippen molar-refractivity contribution in [3.63, 3.8) is 0 Å². The Kier molecular flexibility index (Phi) is 5.73. The third kappa shape index (κ3) is 3.10. The van der Waals surface area contributed by atoms with Gasteiger partial charge in [-0.05, 0) is 0 Å². The molecule has 0 spiro atoms. The first-order valence-electron chi connectivity index (χ1n) is 5.54. The van der Waals surface area contributed by atoms with Gasteiger partial charge < -0.3 is 10.2 Å². The molecule has 0 aromatic carbocycles. The zero-order valence-electron chi connectivity index (χ0n) is 11.1. The van der Waals surface area contributed by atoms with Crippen LogP contribution in [0.25, 0.3) is 0 Å². The second-order valence-electron chi connectivity index (χ2n) is 4.59. The van der Waals surface area contributed by atoms with Crippen LogP contribution in [0.15, 0.2) is 0 Å². The molecule has 0 atom stereocenters. The molecule has 152 valence electrons. The first kappa shape index (κ1) is 23.9. The molecule has 0 aromatic heterocycles. The van der Waals surface area contributed by atoms with E-state index in [1.165, 1.54) is 0 Å². The van der Waals surface area contributed by atoms with Gasteiger partial charge in [0.15, 0.2) is 0 Å². The van der Waals surface area contributed by atoms with E-state index in [0.29, 0.717) is 0 Å². The van der Waals surface area contributed by atoms with Gasteiger partial charge in [0.25, 0.3) is 0 Å². The number of hydrogen-bond acceptors (Lipinski definition) is 2. The molecule has 2 nitrogen and oxygen atoms in total. The van der Waals surface area contributed by atoms with Crippen molar-refractivity contribution in [1.82, 2.24) is 0 Å². The normalized spacial score (nSPS) is 16.3. The van der Waals surface area contributed by atoms with Crippen LogP contribution in [0, 0.1) is 0 Å². The van der Waals surface area contributed by atoms with E-state index in [-0.39, 0.29) is 0 Å². The molecule has 0 saturated carbocycles. The van der Waals surface area contributed by atoms with E-state index in [4.69, 9.17) is 10.2 Å². The van der Waals surface area contributed by atoms with Crippen LogP contribution in [0.4, 0.5) is 61.5 Å². The molecule has 0 aromatic rings. The van der Waals surface area contributed by atoms with Crippen molar-refractivity contribution in [2.45, 2.75) is 48.1 Å². The molecule has 0 saturated heterocycles. The van der Waals surface area contributed by atoms with Gasteiger partial charge in [0.1, 0.15) is 0 Å². The van der Waals surface area contributed by atoms with E-state index >= 15 is 0 Å². The second-order valence-corrected chi connectivity index (χ2v) is 4.59. The summed E-state index contributed by atoms with van der Waals surface area (Å²) in [4.78, 5) is 0. The first-order valence-corrected chi connectivity index (χ1v) is 5.54. The molecule has 0 bridgehead atoms. The van der Waals surface area contributed by atoms with E-state index in [0.717, 1.165) is 0 Å². The van der Waals surface area contributed by atoms with Crippen molar-refractivity contribution >= 4 is 0 Å². The van der Waals surface area contributed by atoms with Crippen molar-refractivity contribution in [3.8, 4) is 0 Å². The molecule has 16 heteroatoms. The van der Waals surface area contributed by atoms with Gasteiger partial charge in [0.05, 0.1) is 0 Å². The average Bonchev–Trinajstić information content (AvgIpc) is 2.35. The summed E-state index contributed by atoms with van der Waals surface area (Å²) in [5, 5.41) is 15.4. The second kappa shape index (κ2) is 5.99. The van der Waals surface area contributed by atoms with Gasteiger partial charge in [-0.1, -0.05) is 0 Å². The third-order valence-electron chi connectivity index (χ3n) is 2.84. The highest BCUT2D eigenvalue weighted by molar-refractivity contribution is 5.12. The summed E-state index contributed by atoms with van der Waals surface area (Å²) in [5.41, 5.74) is 0. The Labute approximate surface area is 128 Å². The zero-order chi connectivity index (χ0) is 20.9. The number of hydrogen-bond donors (Lipinski definition) is 2. The summed E-state index contributed by atoms with van der Waals surface area (Å²) in [6, 6.07) is 0. The van der Waals surface area contributed by atoms with Crippen LogP contribution >= 0.6 is 0 Å². The van der Waals surface area contributed by atoms with Crippen LogP contribution in [0.5, 0.6) is 0 Å². The lowest BCUT2D eigenvalue weighted by Crippen LogP contribution is -2.73. The fourth-order valence-electron chi connectivity index (χ4n) is 1.31. The largest absolute Gasteiger partial charge is 0.423 e. The van der Waals surface area contributed by atoms with Crippen molar-refractivity contribution < 1.29 is 71.7 Å². The Morgan fingerprint density at radius 3 is 1.04 bits per heavy atom. The molecule has 0 aliphatic heterocycles. The van der Waals surface area contributed by atoms with E-state index in [2.05, 4.69) is 0 Å². The van der Waals surface area contributed by atoms with E-state index in [9.17, 15) is 61.5 Å². The van der Waals surface area contributed by atoms with Gasteiger partial charge in [-0.3, -0.25) is 0 Å². The maximum Gasteiger partial charge on any atom is 0.423 e. The smallest absolute Gasteiger partial charge is 0.396 e. The van der Waals surface area contributed by atoms with Gasteiger partial charge in [-0.15, -0.1) is 0 Å². The Bertz CT molecular complexity index is 479. The molecule has 0 heterocycles. The SMILES string of the molecule is OCCC(F)(F)C(F)(F)C(F)(F)C(F)(F)C(F)(F)C(F)(F)C(O)(F)F. The average molecular weight is 412 g/mol. The fraction of sp³-hybridized carbons (Fsp3) is 1.00. The van der Waals surface area contributed by atoms with Crippen LogP contribution in [-0.4, -0.2) is 58.5 Å². The predicted octanol–water partition coefficient (Wildman–Crippen LogP) is 3.77. The Morgan fingerprint density at radius 1 is 0.480 bits per heavy atom. The van der Waals surface area contributed by atoms with Gasteiger partial charge in [-0.2, -0.15) is 61.5 Å². The summed E-state index contributed by atoms with van der Waals surface area (Å²) in [7, 11) is 0. The molecule has 0 rings (SSSR count). The number of aliphatic hydroxyl groups excluding tert-OH is 1. The van der Waals surface area contributed by atoms with Gasteiger partial charge >= 0.3 is 41.6 Å². The van der Waals surface area contributed by atoms with Crippen LogP contribution in [0.3, 0.4) is 0 Å². The minimum absolute atomic E-state index is 2.05. The predicted molar refractivity (Wildman–Crippen MR) is 48.6 cm³/mol. The molecular formula is C9H6F14O2. The maximum absolute atomic E-state index is 13.0. The molecule has 0 unspecified atom stereocenters. The quantitative estimate of drug-likeness (QED) is 0.597. The zero-order valence-corrected chi connectivity index (χ0v) is 11.1. The highest BCUT2D eigenvalue weighted by atomic mass is 19.4. The summed E-state index contributed by atoms with van der Waals surface area (Å²) in [6.45, 7) is -2.05. The summed E-state index contributed by atoms with van der Waals surface area (Å²) in [6.07, 6.45) is -9.80. The lowest BCUT2D eigenvalue weighted by Gasteiger charge is -2.41. The van der Waals surface area contributed by atoms with Crippen LogP contribution < -0.4 is 0 Å². The monoisotopic (exact) mass is 412 g/mol. The Morgan fingerprint density at radius 2 is 0.760 bits per heavy atom. The molecule has 0 aliphatic carbocycles. The van der Waals surface area contributed by atoms with E-state index in [1.807, 2.05) is 0 Å². The fourth-order valence-corrected chi connectivity index (χ4v) is 1.31. The standard InChI is InChI=1S/C9H6F14O2/c10-3(11,1-2-24)4(12,13)5(14,15)6(16,17)7(18,19)8(20,21)9(22,23)25/h24-25H,1-2H2. The summed E-state index contributed by atoms with van der Waals surface area (Å²) >= 11 is 0. The number of alkyl halides is 14. The van der Waals surface area contributed by atoms with Crippen molar-refractivity contribution in [3.05, 3.63) is 0 Å². The Hall–Kier alpha value is -1.06. The highest BCUT2D eigenvalue weighted by Gasteiger charge is 2.92. The van der Waals surface area contributed by atoms with Crippen LogP contribution in [0.2, 0.25) is 0 Å². The Balaban J connectivity index is 6.40. The summed E-state index contributed by atoms with van der Waals surface area (Å²) < 4.78 is 178. The molecule has 0 radical (unpaired) electrons. The minimum Gasteiger partial charge on any atom is -0.396 e. The van der Waals surface area contributed by atoms with Crippen molar-refractivity contribution in [2.75, 3.05) is 6.61 Å². The molecular weight excluding hydrogens is 406 g/mol. The van der Waals surface area contributed by atoms with E-state index in [1.54, 1.807) is 0 Å². The first-order chi connectivity index (χ1) is 10.6. The van der Waals surface area contributed by atoms with Crippen molar-refractivity contribution in [2.24, 2.45) is 0 Å². The lowest BCUT2D eigenvalue weighted by atomic mass is 9.90. The van der Waals surface area contributed by atoms with Crippen LogP contribution in [-0.2, 0) is 0 Å². The van der Waals surface area contributed by atoms with Crippen molar-refractivity contribution in [1.29, 1.82) is 0 Å². The van der Waals surface area contributed by atoms with Crippen LogP contribution in [0.1, 0.15) is 6.42 Å². The lowest BCUT2D eigenvalue weighted by molar-refractivity contribution is -0.461. The topological polar surface area (TPSA) is 40.5 Å². The minimum atomic E-state index is -8.20. The van der Waals surface area contributed by atoms with Gasteiger partial charge in [0.2, 0.25) is 0 Å². The third-order valence-corrected chi connectivity index (χ3v) is 2.84. The molecule has 0 fully saturated rings. The van der Waals surface area contributed by atoms with Gasteiger partial charge in [-0.25, -0.2) is 0 Å². The maximum atomic E-state index is 13.0. The number of halogens is 14. The molecule has 25 heavy (non-hydrogen) atoms. The van der Waals surface area contributed by atoms with E-state index < -0.39 is 54.7 Å². The molecule has 0 amide bonds. The summed E-state index contributed by atoms with van der Waals surface area (Å²) in [5.74, 6) is -45.9. The van der Waals surface area contributed by atoms with Gasteiger partial charge in [0, 0.05) is 13.0 Å². The molecule has 2 N–H and O–H groups in total.